The molecule has 2 aromatic rings. The van der Waals surface area contributed by atoms with Crippen molar-refractivity contribution in [1.29, 1.82) is 0 Å². The quantitative estimate of drug-likeness (QED) is 0.571. The van der Waals surface area contributed by atoms with Gasteiger partial charge in [-0.15, -0.1) is 0 Å². The number of hydrogen-bond donors (Lipinski definition) is 1. The first-order chi connectivity index (χ1) is 13.6. The summed E-state index contributed by atoms with van der Waals surface area (Å²) in [5.41, 5.74) is 0.471. The fourth-order valence-corrected chi connectivity index (χ4v) is 3.68. The number of amides is 3. The zero-order chi connectivity index (χ0) is 21.3. The number of imide groups is 1. The third-order valence-electron chi connectivity index (χ3n) is 4.21. The smallest absolute Gasteiger partial charge is 0.339 e. The minimum absolute atomic E-state index is 0.161. The van der Waals surface area contributed by atoms with Crippen LogP contribution in [0.4, 0.5) is 5.69 Å². The summed E-state index contributed by atoms with van der Waals surface area (Å²) in [4.78, 5) is 48.9. The molecule has 0 atom stereocenters. The number of esters is 1. The summed E-state index contributed by atoms with van der Waals surface area (Å²) in [6.45, 7) is -0.666. The summed E-state index contributed by atoms with van der Waals surface area (Å²) in [6, 6.07) is 9.73. The lowest BCUT2D eigenvalue weighted by molar-refractivity contribution is -0.119. The van der Waals surface area contributed by atoms with Gasteiger partial charge in [-0.05, 0) is 30.3 Å². The van der Waals surface area contributed by atoms with Crippen LogP contribution >= 0.6 is 0 Å². The first kappa shape index (κ1) is 20.2. The number of nitrogens with zero attached hydrogens (tertiary/aromatic N) is 1. The highest BCUT2D eigenvalue weighted by molar-refractivity contribution is 7.90. The van der Waals surface area contributed by atoms with Crippen LogP contribution in [0.5, 0.6) is 0 Å². The van der Waals surface area contributed by atoms with E-state index in [-0.39, 0.29) is 27.3 Å². The van der Waals surface area contributed by atoms with Gasteiger partial charge in [0.1, 0.15) is 0 Å². The van der Waals surface area contributed by atoms with Gasteiger partial charge in [0.15, 0.2) is 16.4 Å². The molecule has 150 valence electrons. The second-order valence-corrected chi connectivity index (χ2v) is 8.31. The lowest BCUT2D eigenvalue weighted by Gasteiger charge is -2.09. The molecule has 0 fully saturated rings. The molecule has 0 aliphatic carbocycles. The maximum Gasteiger partial charge on any atom is 0.339 e. The molecule has 0 spiro atoms. The Balaban J connectivity index is 1.67. The summed E-state index contributed by atoms with van der Waals surface area (Å²) >= 11 is 0. The van der Waals surface area contributed by atoms with Crippen LogP contribution in [0.1, 0.15) is 31.1 Å². The molecule has 9 nitrogen and oxygen atoms in total. The standard InChI is InChI=1S/C19H16N2O7S/c1-21-17(23)12-8-7-11(9-14(12)18(21)24)20-16(22)10-28-19(25)13-5-3-4-6-15(13)29(2,26)27/h3-9H,10H2,1-2H3,(H,20,22). The largest absolute Gasteiger partial charge is 0.452 e. The van der Waals surface area contributed by atoms with E-state index in [1.807, 2.05) is 0 Å². The molecular weight excluding hydrogens is 400 g/mol. The highest BCUT2D eigenvalue weighted by atomic mass is 32.2. The van der Waals surface area contributed by atoms with Crippen molar-refractivity contribution in [2.45, 2.75) is 4.90 Å². The Morgan fingerprint density at radius 1 is 1.03 bits per heavy atom. The minimum Gasteiger partial charge on any atom is -0.452 e. The number of carbonyl (C=O) groups excluding carboxylic acids is 4. The lowest BCUT2D eigenvalue weighted by Crippen LogP contribution is -2.24. The average molecular weight is 416 g/mol. The van der Waals surface area contributed by atoms with Crippen LogP contribution in [0.2, 0.25) is 0 Å². The maximum atomic E-state index is 12.2. The summed E-state index contributed by atoms with van der Waals surface area (Å²) in [6.07, 6.45) is 0.961. The molecule has 1 N–H and O–H groups in total. The minimum atomic E-state index is -3.65. The highest BCUT2D eigenvalue weighted by Crippen LogP contribution is 2.24. The van der Waals surface area contributed by atoms with Crippen LogP contribution in [0.15, 0.2) is 47.4 Å². The van der Waals surface area contributed by atoms with Crippen LogP contribution in [0.25, 0.3) is 0 Å². The summed E-state index contributed by atoms with van der Waals surface area (Å²) < 4.78 is 28.4. The van der Waals surface area contributed by atoms with Gasteiger partial charge >= 0.3 is 5.97 Å². The van der Waals surface area contributed by atoms with Crippen molar-refractivity contribution < 1.29 is 32.3 Å². The van der Waals surface area contributed by atoms with Gasteiger partial charge in [0.25, 0.3) is 17.7 Å². The molecule has 29 heavy (non-hydrogen) atoms. The van der Waals surface area contributed by atoms with E-state index in [4.69, 9.17) is 4.74 Å². The van der Waals surface area contributed by atoms with Gasteiger partial charge in [-0.3, -0.25) is 19.3 Å². The predicted octanol–water partition coefficient (Wildman–Crippen LogP) is 1.11. The number of benzene rings is 2. The van der Waals surface area contributed by atoms with Crippen molar-refractivity contribution in [3.63, 3.8) is 0 Å². The molecule has 0 saturated carbocycles. The number of carbonyl (C=O) groups is 4. The number of hydrogen-bond acceptors (Lipinski definition) is 7. The lowest BCUT2D eigenvalue weighted by atomic mass is 10.1. The van der Waals surface area contributed by atoms with Gasteiger partial charge in [-0.25, -0.2) is 13.2 Å². The Bertz CT molecular complexity index is 1150. The molecule has 3 rings (SSSR count). The van der Waals surface area contributed by atoms with E-state index in [1.165, 1.54) is 49.5 Å². The van der Waals surface area contributed by atoms with Crippen molar-refractivity contribution in [2.24, 2.45) is 0 Å². The Morgan fingerprint density at radius 2 is 1.69 bits per heavy atom. The van der Waals surface area contributed by atoms with Gasteiger partial charge in [0.05, 0.1) is 21.6 Å². The molecule has 1 heterocycles. The first-order valence-electron chi connectivity index (χ1n) is 8.32. The molecule has 0 saturated heterocycles. The van der Waals surface area contributed by atoms with E-state index in [0.717, 1.165) is 11.2 Å². The summed E-state index contributed by atoms with van der Waals surface area (Å²) in [7, 11) is -2.29. The second-order valence-electron chi connectivity index (χ2n) is 6.32. The summed E-state index contributed by atoms with van der Waals surface area (Å²) in [5, 5.41) is 2.46. The molecule has 1 aliphatic heterocycles. The van der Waals surface area contributed by atoms with Crippen LogP contribution < -0.4 is 5.32 Å². The van der Waals surface area contributed by atoms with E-state index in [9.17, 15) is 27.6 Å². The Morgan fingerprint density at radius 3 is 2.38 bits per heavy atom. The van der Waals surface area contributed by atoms with E-state index < -0.39 is 40.1 Å². The van der Waals surface area contributed by atoms with Crippen molar-refractivity contribution in [2.75, 3.05) is 25.2 Å². The molecule has 10 heteroatoms. The molecule has 1 aliphatic rings. The predicted molar refractivity (Wildman–Crippen MR) is 101 cm³/mol. The number of rotatable bonds is 5. The zero-order valence-corrected chi connectivity index (χ0v) is 16.3. The van der Waals surface area contributed by atoms with E-state index >= 15 is 0 Å². The van der Waals surface area contributed by atoms with E-state index in [1.54, 1.807) is 0 Å². The van der Waals surface area contributed by atoms with Gasteiger partial charge < -0.3 is 10.1 Å². The molecular formula is C19H16N2O7S. The van der Waals surface area contributed by atoms with Gasteiger partial charge in [-0.2, -0.15) is 0 Å². The van der Waals surface area contributed by atoms with Gasteiger partial charge in [0, 0.05) is 19.0 Å². The number of anilines is 1. The Hall–Kier alpha value is -3.53. The monoisotopic (exact) mass is 416 g/mol. The van der Waals surface area contributed by atoms with Crippen molar-refractivity contribution in [3.8, 4) is 0 Å². The van der Waals surface area contributed by atoms with E-state index in [0.29, 0.717) is 0 Å². The van der Waals surface area contributed by atoms with Crippen molar-refractivity contribution in [3.05, 3.63) is 59.2 Å². The molecule has 3 amide bonds. The van der Waals surface area contributed by atoms with E-state index in [2.05, 4.69) is 5.32 Å². The van der Waals surface area contributed by atoms with Gasteiger partial charge in [0.2, 0.25) is 0 Å². The third kappa shape index (κ3) is 4.02. The van der Waals surface area contributed by atoms with Crippen LogP contribution in [-0.4, -0.2) is 56.9 Å². The van der Waals surface area contributed by atoms with Gasteiger partial charge in [-0.1, -0.05) is 12.1 Å². The van der Waals surface area contributed by atoms with Crippen molar-refractivity contribution >= 4 is 39.2 Å². The molecule has 0 aromatic heterocycles. The number of fused-ring (bicyclic) bond motifs is 1. The average Bonchev–Trinajstić information content (AvgIpc) is 2.89. The topological polar surface area (TPSA) is 127 Å². The third-order valence-corrected chi connectivity index (χ3v) is 5.37. The molecule has 0 bridgehead atoms. The second kappa shape index (κ2) is 7.47. The molecule has 0 radical (unpaired) electrons. The number of nitrogens with one attached hydrogen (secondary N) is 1. The van der Waals surface area contributed by atoms with Crippen LogP contribution in [-0.2, 0) is 19.4 Å². The Kier molecular flexibility index (Phi) is 5.21. The fourth-order valence-electron chi connectivity index (χ4n) is 2.80. The SMILES string of the molecule is CN1C(=O)c2ccc(NC(=O)COC(=O)c3ccccc3S(C)(=O)=O)cc2C1=O. The van der Waals surface area contributed by atoms with Crippen molar-refractivity contribution in [1.82, 2.24) is 4.90 Å². The Labute approximate surface area is 166 Å². The highest BCUT2D eigenvalue weighted by Gasteiger charge is 2.32. The zero-order valence-electron chi connectivity index (χ0n) is 15.5. The maximum absolute atomic E-state index is 12.2. The van der Waals surface area contributed by atoms with Crippen LogP contribution in [0.3, 0.4) is 0 Å². The summed E-state index contributed by atoms with van der Waals surface area (Å²) in [5.74, 6) is -2.57. The molecule has 0 unspecified atom stereocenters. The first-order valence-corrected chi connectivity index (χ1v) is 10.2. The van der Waals surface area contributed by atoms with Crippen LogP contribution in [0, 0.1) is 0 Å². The number of ether oxygens (including phenoxy) is 1. The number of sulfone groups is 1. The molecule has 2 aromatic carbocycles. The fraction of sp³-hybridized carbons (Fsp3) is 0.158. The normalized spacial score (nSPS) is 13.2.